The van der Waals surface area contributed by atoms with E-state index in [2.05, 4.69) is 5.32 Å². The Hall–Kier alpha value is -2.17. The van der Waals surface area contributed by atoms with Crippen molar-refractivity contribution in [2.24, 2.45) is 0 Å². The fourth-order valence-corrected chi connectivity index (χ4v) is 1.93. The van der Waals surface area contributed by atoms with Gasteiger partial charge in [0.1, 0.15) is 0 Å². The molecule has 1 aromatic carbocycles. The zero-order chi connectivity index (χ0) is 15.0. The van der Waals surface area contributed by atoms with Crippen LogP contribution in [0.15, 0.2) is 24.3 Å². The molecular weight excluding hydrogens is 256 g/mol. The summed E-state index contributed by atoms with van der Waals surface area (Å²) in [6.45, 7) is 4.17. The smallest absolute Gasteiger partial charge is 0.313 e. The molecule has 0 bridgehead atoms. The quantitative estimate of drug-likeness (QED) is 0.594. The van der Waals surface area contributed by atoms with Crippen molar-refractivity contribution in [1.82, 2.24) is 0 Å². The molecule has 0 saturated carbocycles. The molecule has 0 aliphatic carbocycles. The highest BCUT2D eigenvalue weighted by atomic mass is 16.5. The lowest BCUT2D eigenvalue weighted by atomic mass is 9.94. The minimum atomic E-state index is -0.478. The fourth-order valence-electron chi connectivity index (χ4n) is 1.93. The predicted octanol–water partition coefficient (Wildman–Crippen LogP) is 3.21. The summed E-state index contributed by atoms with van der Waals surface area (Å²) in [6, 6.07) is 7.05. The van der Waals surface area contributed by atoms with Gasteiger partial charge in [-0.05, 0) is 31.0 Å². The molecule has 1 rings (SSSR count). The van der Waals surface area contributed by atoms with Crippen molar-refractivity contribution in [2.45, 2.75) is 32.6 Å². The number of carbonyl (C=O) groups is 2. The van der Waals surface area contributed by atoms with Crippen LogP contribution < -0.4 is 5.32 Å². The second-order valence-corrected chi connectivity index (χ2v) is 4.35. The number of anilines is 1. The summed E-state index contributed by atoms with van der Waals surface area (Å²) in [4.78, 5) is 23.0. The highest BCUT2D eigenvalue weighted by molar-refractivity contribution is 6.30. The molecule has 5 heteroatoms. The van der Waals surface area contributed by atoms with Crippen molar-refractivity contribution in [3.63, 3.8) is 0 Å². The van der Waals surface area contributed by atoms with Crippen molar-refractivity contribution in [1.29, 1.82) is 5.41 Å². The molecule has 0 aromatic heterocycles. The Labute approximate surface area is 121 Å². The number of amides is 1. The third kappa shape index (κ3) is 4.50. The highest BCUT2D eigenvalue weighted by Gasteiger charge is 2.20. The van der Waals surface area contributed by atoms with Crippen molar-refractivity contribution in [2.75, 3.05) is 11.9 Å². The monoisotopic (exact) mass is 280 g/mol. The van der Waals surface area contributed by atoms with Crippen molar-refractivity contribution >= 4 is 23.8 Å². The molecule has 1 atom stereocenters. The van der Waals surface area contributed by atoms with Crippen molar-refractivity contribution in [3.8, 4) is 0 Å². The van der Waals surface area contributed by atoms with E-state index < -0.39 is 5.91 Å². The Kier molecular flexibility index (Phi) is 6.43. The number of hydrogen-bond acceptors (Lipinski definition) is 4. The van der Waals surface area contributed by atoms with Crippen LogP contribution in [0, 0.1) is 5.41 Å². The van der Waals surface area contributed by atoms with Crippen LogP contribution in [0.3, 0.4) is 0 Å². The van der Waals surface area contributed by atoms with Crippen LogP contribution in [0.25, 0.3) is 0 Å². The molecule has 0 saturated heterocycles. The average Bonchev–Trinajstić information content (AvgIpc) is 2.46. The third-order valence-corrected chi connectivity index (χ3v) is 2.86. The van der Waals surface area contributed by atoms with Gasteiger partial charge in [0, 0.05) is 8.54 Å². The Bertz CT molecular complexity index is 478. The van der Waals surface area contributed by atoms with Gasteiger partial charge in [0.2, 0.25) is 0 Å². The Balaban J connectivity index is 0. The second-order valence-electron chi connectivity index (χ2n) is 4.35. The fraction of sp³-hybridized carbons (Fsp3) is 0.400. The van der Waals surface area contributed by atoms with Crippen molar-refractivity contribution in [3.05, 3.63) is 29.8 Å². The van der Waals surface area contributed by atoms with Gasteiger partial charge < -0.3 is 15.5 Å². The van der Waals surface area contributed by atoms with E-state index in [0.717, 1.165) is 18.4 Å². The van der Waals surface area contributed by atoms with E-state index in [9.17, 15) is 9.59 Å². The second kappa shape index (κ2) is 8.09. The maximum atomic E-state index is 11.9. The number of rotatable bonds is 7. The normalized spacial score (nSPS) is 11.5. The average molecular weight is 280 g/mol. The lowest BCUT2D eigenvalue weighted by Crippen LogP contribution is -2.16. The molecule has 0 fully saturated rings. The Morgan fingerprint density at radius 1 is 1.35 bits per heavy atom. The number of hydrogen-bond donors (Lipinski definition) is 2. The SMILES string of the molecule is CCCC(C(=O)OCC)c1ccc(NC(=O)C=N)cc1.[HH].[HH]. The third-order valence-electron chi connectivity index (χ3n) is 2.86. The Morgan fingerprint density at radius 2 is 2.00 bits per heavy atom. The molecule has 0 heterocycles. The molecule has 5 nitrogen and oxygen atoms in total. The van der Waals surface area contributed by atoms with Gasteiger partial charge in [-0.3, -0.25) is 9.59 Å². The molecular formula is C15H24N2O3. The summed E-state index contributed by atoms with van der Waals surface area (Å²) in [5.41, 5.74) is 1.47. The number of benzene rings is 1. The Morgan fingerprint density at radius 3 is 2.50 bits per heavy atom. The van der Waals surface area contributed by atoms with E-state index in [0.29, 0.717) is 18.5 Å². The zero-order valence-corrected chi connectivity index (χ0v) is 11.8. The van der Waals surface area contributed by atoms with Crippen LogP contribution in [0.1, 0.15) is 41.0 Å². The summed E-state index contributed by atoms with van der Waals surface area (Å²) in [7, 11) is 0. The molecule has 1 aromatic rings. The van der Waals surface area contributed by atoms with Crippen molar-refractivity contribution < 1.29 is 17.2 Å². The van der Waals surface area contributed by atoms with Crippen LogP contribution in [0.2, 0.25) is 0 Å². The molecule has 0 aliphatic heterocycles. The summed E-state index contributed by atoms with van der Waals surface area (Å²) < 4.78 is 5.08. The molecule has 0 spiro atoms. The van der Waals surface area contributed by atoms with E-state index in [4.69, 9.17) is 10.1 Å². The van der Waals surface area contributed by atoms with E-state index in [-0.39, 0.29) is 14.7 Å². The lowest BCUT2D eigenvalue weighted by Gasteiger charge is -2.15. The standard InChI is InChI=1S/C15H20N2O3.2H2/c1-3-5-13(15(19)20-4-2)11-6-8-12(9-7-11)17-14(18)10-16;;/h6-10,13,16H,3-5H2,1-2H3,(H,17,18);2*1H. The minimum absolute atomic E-state index is 0. The maximum Gasteiger partial charge on any atom is 0.313 e. The molecule has 0 aliphatic rings. The largest absolute Gasteiger partial charge is 0.466 e. The van der Waals surface area contributed by atoms with Gasteiger partial charge in [-0.25, -0.2) is 0 Å². The number of carbonyl (C=O) groups excluding carboxylic acids is 2. The van der Waals surface area contributed by atoms with E-state index in [1.807, 2.05) is 6.92 Å². The predicted molar refractivity (Wildman–Crippen MR) is 82.4 cm³/mol. The summed E-state index contributed by atoms with van der Waals surface area (Å²) in [5, 5.41) is 9.37. The lowest BCUT2D eigenvalue weighted by molar-refractivity contribution is -0.145. The molecule has 1 amide bonds. The first-order valence-electron chi connectivity index (χ1n) is 6.70. The summed E-state index contributed by atoms with van der Waals surface area (Å²) in [6.07, 6.45) is 2.33. The molecule has 20 heavy (non-hydrogen) atoms. The molecule has 112 valence electrons. The van der Waals surface area contributed by atoms with Gasteiger partial charge in [0.05, 0.1) is 18.7 Å². The number of ether oxygens (including phenoxy) is 1. The number of nitrogens with one attached hydrogen (secondary N) is 2. The first kappa shape index (κ1) is 15.9. The van der Waals surface area contributed by atoms with Crippen LogP contribution in [-0.4, -0.2) is 24.7 Å². The zero-order valence-electron chi connectivity index (χ0n) is 11.8. The minimum Gasteiger partial charge on any atom is -0.466 e. The van der Waals surface area contributed by atoms with Gasteiger partial charge in [0.25, 0.3) is 5.91 Å². The summed E-state index contributed by atoms with van der Waals surface area (Å²) >= 11 is 0. The molecule has 1 unspecified atom stereocenters. The van der Waals surface area contributed by atoms with Crippen LogP contribution in [-0.2, 0) is 14.3 Å². The van der Waals surface area contributed by atoms with E-state index in [1.165, 1.54) is 0 Å². The number of esters is 1. The molecule has 2 N–H and O–H groups in total. The highest BCUT2D eigenvalue weighted by Crippen LogP contribution is 2.24. The van der Waals surface area contributed by atoms with E-state index >= 15 is 0 Å². The van der Waals surface area contributed by atoms with Crippen LogP contribution >= 0.6 is 0 Å². The van der Waals surface area contributed by atoms with Gasteiger partial charge in [-0.15, -0.1) is 0 Å². The summed E-state index contributed by atoms with van der Waals surface area (Å²) in [5.74, 6) is -0.966. The first-order chi connectivity index (χ1) is 9.62. The van der Waals surface area contributed by atoms with Gasteiger partial charge in [0.15, 0.2) is 0 Å². The maximum absolute atomic E-state index is 11.9. The van der Waals surface area contributed by atoms with Gasteiger partial charge >= 0.3 is 5.97 Å². The topological polar surface area (TPSA) is 79.2 Å². The van der Waals surface area contributed by atoms with Crippen LogP contribution in [0.4, 0.5) is 5.69 Å². The van der Waals surface area contributed by atoms with Gasteiger partial charge in [-0.1, -0.05) is 25.5 Å². The van der Waals surface area contributed by atoms with Crippen LogP contribution in [0.5, 0.6) is 0 Å². The van der Waals surface area contributed by atoms with E-state index in [1.54, 1.807) is 31.2 Å². The van der Waals surface area contributed by atoms with Gasteiger partial charge in [-0.2, -0.15) is 0 Å². The molecule has 0 radical (unpaired) electrons. The first-order valence-corrected chi connectivity index (χ1v) is 6.70.